The molecule has 0 aliphatic heterocycles. The summed E-state index contributed by atoms with van der Waals surface area (Å²) in [5, 5.41) is 11.7. The van der Waals surface area contributed by atoms with E-state index in [1.807, 2.05) is 0 Å². The van der Waals surface area contributed by atoms with E-state index >= 15 is 0 Å². The Balaban J connectivity index is 2.06. The Bertz CT molecular complexity index is 725. The van der Waals surface area contributed by atoms with Gasteiger partial charge in [-0.3, -0.25) is 4.79 Å². The first-order chi connectivity index (χ1) is 10.1. The molecule has 0 saturated heterocycles. The Morgan fingerprint density at radius 1 is 1.27 bits per heavy atom. The summed E-state index contributed by atoms with van der Waals surface area (Å²) in [5.74, 6) is -1.48. The molecule has 0 aromatic heterocycles. The van der Waals surface area contributed by atoms with Gasteiger partial charge in [0.25, 0.3) is 5.91 Å². The van der Waals surface area contributed by atoms with Gasteiger partial charge >= 0.3 is 5.97 Å². The zero-order valence-electron chi connectivity index (χ0n) is 11.9. The fraction of sp³-hybridized carbons (Fsp3) is 0.429. The smallest absolute Gasteiger partial charge is 0.335 e. The summed E-state index contributed by atoms with van der Waals surface area (Å²) >= 11 is 3.17. The van der Waals surface area contributed by atoms with Crippen molar-refractivity contribution in [2.45, 2.75) is 12.8 Å². The lowest BCUT2D eigenvalue weighted by atomic mass is 10.1. The van der Waals surface area contributed by atoms with Gasteiger partial charge in [-0.2, -0.15) is 0 Å². The van der Waals surface area contributed by atoms with Crippen molar-refractivity contribution >= 4 is 37.6 Å². The summed E-state index contributed by atoms with van der Waals surface area (Å²) in [5.41, 5.74) is -0.135. The topological polar surface area (TPSA) is 101 Å². The van der Waals surface area contributed by atoms with Gasteiger partial charge in [0.05, 0.1) is 11.3 Å². The van der Waals surface area contributed by atoms with Gasteiger partial charge in [0, 0.05) is 28.3 Å². The van der Waals surface area contributed by atoms with E-state index in [-0.39, 0.29) is 28.8 Å². The van der Waals surface area contributed by atoms with Crippen LogP contribution in [0.15, 0.2) is 22.7 Å². The van der Waals surface area contributed by atoms with Gasteiger partial charge in [0.1, 0.15) is 9.84 Å². The number of sulfone groups is 1. The predicted molar refractivity (Wildman–Crippen MR) is 84.8 cm³/mol. The molecule has 0 atom stereocenters. The van der Waals surface area contributed by atoms with E-state index < -0.39 is 21.7 Å². The number of hydrogen-bond donors (Lipinski definition) is 2. The van der Waals surface area contributed by atoms with E-state index in [1.165, 1.54) is 24.5 Å². The molecule has 0 bridgehead atoms. The lowest BCUT2D eigenvalue weighted by Gasteiger charge is -2.15. The fourth-order valence-corrected chi connectivity index (χ4v) is 4.32. The van der Waals surface area contributed by atoms with Crippen LogP contribution < -0.4 is 5.32 Å². The number of carboxylic acids is 1. The first-order valence-corrected chi connectivity index (χ1v) is 9.45. The standard InChI is InChI=1S/C14H16BrNO5S/c1-22(20,21)8-14(2-3-14)7-16-12(17)9-4-10(13(18)19)6-11(15)5-9/h4-6H,2-3,7-8H2,1H3,(H,16,17)(H,18,19). The summed E-state index contributed by atoms with van der Waals surface area (Å²) < 4.78 is 23.3. The number of hydrogen-bond acceptors (Lipinski definition) is 4. The Labute approximate surface area is 137 Å². The second-order valence-corrected chi connectivity index (χ2v) is 8.84. The van der Waals surface area contributed by atoms with E-state index in [1.54, 1.807) is 0 Å². The molecule has 1 aliphatic rings. The maximum atomic E-state index is 12.1. The molecular weight excluding hydrogens is 374 g/mol. The molecule has 1 fully saturated rings. The molecule has 0 unspecified atom stereocenters. The van der Waals surface area contributed by atoms with Crippen molar-refractivity contribution in [3.63, 3.8) is 0 Å². The molecule has 1 saturated carbocycles. The van der Waals surface area contributed by atoms with Crippen LogP contribution in [0.3, 0.4) is 0 Å². The van der Waals surface area contributed by atoms with Gasteiger partial charge in [0.15, 0.2) is 0 Å². The Morgan fingerprint density at radius 3 is 2.36 bits per heavy atom. The van der Waals surface area contributed by atoms with Crippen molar-refractivity contribution in [2.75, 3.05) is 18.6 Å². The molecule has 120 valence electrons. The van der Waals surface area contributed by atoms with Crippen molar-refractivity contribution in [2.24, 2.45) is 5.41 Å². The summed E-state index contributed by atoms with van der Waals surface area (Å²) in [6.07, 6.45) is 2.71. The van der Waals surface area contributed by atoms with Crippen LogP contribution >= 0.6 is 15.9 Å². The lowest BCUT2D eigenvalue weighted by molar-refractivity contribution is 0.0696. The van der Waals surface area contributed by atoms with Crippen LogP contribution in [0.4, 0.5) is 0 Å². The molecular formula is C14H16BrNO5S. The minimum absolute atomic E-state index is 0.0109. The van der Waals surface area contributed by atoms with Crippen LogP contribution in [-0.2, 0) is 9.84 Å². The molecule has 1 aromatic carbocycles. The monoisotopic (exact) mass is 389 g/mol. The van der Waals surface area contributed by atoms with E-state index in [2.05, 4.69) is 21.2 Å². The normalized spacial score (nSPS) is 16.1. The Morgan fingerprint density at radius 2 is 1.86 bits per heavy atom. The molecule has 6 nitrogen and oxygen atoms in total. The van der Waals surface area contributed by atoms with E-state index in [0.717, 1.165) is 12.8 Å². The zero-order chi connectivity index (χ0) is 16.5. The number of nitrogens with one attached hydrogen (secondary N) is 1. The van der Waals surface area contributed by atoms with Gasteiger partial charge in [-0.15, -0.1) is 0 Å². The van der Waals surface area contributed by atoms with Crippen LogP contribution in [0.5, 0.6) is 0 Å². The highest BCUT2D eigenvalue weighted by atomic mass is 79.9. The highest BCUT2D eigenvalue weighted by molar-refractivity contribution is 9.10. The second kappa shape index (κ2) is 6.00. The molecule has 1 aromatic rings. The van der Waals surface area contributed by atoms with Crippen LogP contribution in [-0.4, -0.2) is 44.0 Å². The molecule has 2 rings (SSSR count). The van der Waals surface area contributed by atoms with Crippen LogP contribution in [0.1, 0.15) is 33.6 Å². The maximum Gasteiger partial charge on any atom is 0.335 e. The third-order valence-electron chi connectivity index (χ3n) is 3.56. The molecule has 1 aliphatic carbocycles. The van der Waals surface area contributed by atoms with Crippen molar-refractivity contribution < 1.29 is 23.1 Å². The van der Waals surface area contributed by atoms with Gasteiger partial charge in [-0.05, 0) is 31.0 Å². The third-order valence-corrected chi connectivity index (χ3v) is 5.15. The number of carbonyl (C=O) groups excluding carboxylic acids is 1. The maximum absolute atomic E-state index is 12.1. The molecule has 8 heteroatoms. The van der Waals surface area contributed by atoms with E-state index in [0.29, 0.717) is 4.47 Å². The minimum atomic E-state index is -3.09. The first-order valence-electron chi connectivity index (χ1n) is 6.60. The Kier molecular flexibility index (Phi) is 4.62. The zero-order valence-corrected chi connectivity index (χ0v) is 14.3. The second-order valence-electron chi connectivity index (χ2n) is 5.79. The highest BCUT2D eigenvalue weighted by Gasteiger charge is 2.45. The SMILES string of the molecule is CS(=O)(=O)CC1(CNC(=O)c2cc(Br)cc(C(=O)O)c2)CC1. The number of halogens is 1. The predicted octanol–water partition coefficient (Wildman–Crippen LogP) is 1.70. The number of carbonyl (C=O) groups is 2. The van der Waals surface area contributed by atoms with Crippen LogP contribution in [0.25, 0.3) is 0 Å². The average Bonchev–Trinajstić information content (AvgIpc) is 3.13. The average molecular weight is 390 g/mol. The third kappa shape index (κ3) is 4.54. The number of carboxylic acid groups (broad SMARTS) is 1. The highest BCUT2D eigenvalue weighted by Crippen LogP contribution is 2.46. The molecule has 1 amide bonds. The van der Waals surface area contributed by atoms with Crippen molar-refractivity contribution in [3.05, 3.63) is 33.8 Å². The lowest BCUT2D eigenvalue weighted by Crippen LogP contribution is -2.33. The molecule has 0 spiro atoms. The van der Waals surface area contributed by atoms with Crippen LogP contribution in [0.2, 0.25) is 0 Å². The van der Waals surface area contributed by atoms with E-state index in [9.17, 15) is 18.0 Å². The quantitative estimate of drug-likeness (QED) is 0.770. The van der Waals surface area contributed by atoms with Gasteiger partial charge in [-0.25, -0.2) is 13.2 Å². The molecule has 0 radical (unpaired) electrons. The summed E-state index contributed by atoms with van der Waals surface area (Å²) in [7, 11) is -3.09. The summed E-state index contributed by atoms with van der Waals surface area (Å²) in [6.45, 7) is 0.272. The van der Waals surface area contributed by atoms with Gasteiger partial charge in [-0.1, -0.05) is 15.9 Å². The van der Waals surface area contributed by atoms with Gasteiger partial charge in [0.2, 0.25) is 0 Å². The van der Waals surface area contributed by atoms with Crippen LogP contribution in [0, 0.1) is 5.41 Å². The molecule has 0 heterocycles. The molecule has 2 N–H and O–H groups in total. The van der Waals surface area contributed by atoms with Crippen molar-refractivity contribution in [1.29, 1.82) is 0 Å². The van der Waals surface area contributed by atoms with Gasteiger partial charge < -0.3 is 10.4 Å². The number of benzene rings is 1. The number of amides is 1. The molecule has 22 heavy (non-hydrogen) atoms. The Hall–Kier alpha value is -1.41. The first kappa shape index (κ1) is 17.0. The number of aromatic carboxylic acids is 1. The summed E-state index contributed by atoms with van der Waals surface area (Å²) in [6, 6.07) is 4.22. The number of rotatable bonds is 6. The van der Waals surface area contributed by atoms with Crippen molar-refractivity contribution in [3.8, 4) is 0 Å². The van der Waals surface area contributed by atoms with E-state index in [4.69, 9.17) is 5.11 Å². The fourth-order valence-electron chi connectivity index (χ4n) is 2.32. The minimum Gasteiger partial charge on any atom is -0.478 e. The largest absolute Gasteiger partial charge is 0.478 e. The van der Waals surface area contributed by atoms with Crippen molar-refractivity contribution in [1.82, 2.24) is 5.32 Å². The summed E-state index contributed by atoms with van der Waals surface area (Å²) in [4.78, 5) is 23.1.